The number of rotatable bonds is 8. The number of ether oxygens (including phenoxy) is 2. The van der Waals surface area contributed by atoms with E-state index in [2.05, 4.69) is 16.7 Å². The number of carbonyl (C=O) groups is 2. The summed E-state index contributed by atoms with van der Waals surface area (Å²) in [7, 11) is 1.57. The highest BCUT2D eigenvalue weighted by atomic mass is 32.1. The Kier molecular flexibility index (Phi) is 8.02. The third-order valence-corrected chi connectivity index (χ3v) is 6.58. The van der Waals surface area contributed by atoms with Gasteiger partial charge in [0.1, 0.15) is 11.1 Å². The average molecular weight is 446 g/mol. The molecule has 3 rings (SSSR count). The minimum Gasteiger partial charge on any atom is -0.449 e. The SMILES string of the molecule is COCCNC(=O)OCC1CCc2c(sc(NC(=O)C=Cc3ccsc3)c2C#N)C1. The van der Waals surface area contributed by atoms with Crippen LogP contribution in [0.15, 0.2) is 22.9 Å². The Hall–Kier alpha value is -2.67. The first-order valence-corrected chi connectivity index (χ1v) is 11.3. The van der Waals surface area contributed by atoms with Crippen molar-refractivity contribution in [2.45, 2.75) is 19.3 Å². The summed E-state index contributed by atoms with van der Waals surface area (Å²) < 4.78 is 10.2. The number of nitrogens with zero attached hydrogens (tertiary/aromatic N) is 1. The first kappa shape index (κ1) is 22.0. The zero-order valence-corrected chi connectivity index (χ0v) is 18.2. The fourth-order valence-electron chi connectivity index (χ4n) is 3.20. The van der Waals surface area contributed by atoms with Gasteiger partial charge in [-0.05, 0) is 59.2 Å². The highest BCUT2D eigenvalue weighted by Gasteiger charge is 2.27. The van der Waals surface area contributed by atoms with Crippen LogP contribution < -0.4 is 10.6 Å². The molecule has 0 saturated carbocycles. The van der Waals surface area contributed by atoms with E-state index in [1.165, 1.54) is 17.4 Å². The Bertz CT molecular complexity index is 944. The summed E-state index contributed by atoms with van der Waals surface area (Å²) >= 11 is 3.00. The predicted molar refractivity (Wildman–Crippen MR) is 118 cm³/mol. The molecule has 2 aromatic rings. The van der Waals surface area contributed by atoms with Gasteiger partial charge >= 0.3 is 6.09 Å². The number of nitrogens with one attached hydrogen (secondary N) is 2. The van der Waals surface area contributed by atoms with Gasteiger partial charge in [-0.15, -0.1) is 11.3 Å². The number of hydrogen-bond acceptors (Lipinski definition) is 7. The van der Waals surface area contributed by atoms with Crippen molar-refractivity contribution in [3.63, 3.8) is 0 Å². The van der Waals surface area contributed by atoms with Gasteiger partial charge in [-0.1, -0.05) is 0 Å². The van der Waals surface area contributed by atoms with Crippen molar-refractivity contribution < 1.29 is 19.1 Å². The van der Waals surface area contributed by atoms with Crippen LogP contribution in [0.5, 0.6) is 0 Å². The Labute approximate surface area is 183 Å². The van der Waals surface area contributed by atoms with Gasteiger partial charge in [-0.3, -0.25) is 4.79 Å². The van der Waals surface area contributed by atoms with Crippen molar-refractivity contribution >= 4 is 45.8 Å². The zero-order chi connectivity index (χ0) is 21.3. The molecule has 0 aromatic carbocycles. The van der Waals surface area contributed by atoms with Crippen molar-refractivity contribution in [1.82, 2.24) is 5.32 Å². The molecule has 1 atom stereocenters. The summed E-state index contributed by atoms with van der Waals surface area (Å²) in [6.07, 6.45) is 5.05. The molecule has 1 aliphatic rings. The number of carbonyl (C=O) groups excluding carboxylic acids is 2. The normalized spacial score (nSPS) is 15.4. The lowest BCUT2D eigenvalue weighted by molar-refractivity contribution is -0.111. The van der Waals surface area contributed by atoms with Gasteiger partial charge in [0.05, 0.1) is 18.8 Å². The maximum absolute atomic E-state index is 12.3. The van der Waals surface area contributed by atoms with Crippen molar-refractivity contribution in [3.05, 3.63) is 44.5 Å². The van der Waals surface area contributed by atoms with E-state index in [4.69, 9.17) is 9.47 Å². The molecule has 0 fully saturated rings. The molecule has 2 N–H and O–H groups in total. The molecule has 1 aliphatic carbocycles. The predicted octanol–water partition coefficient (Wildman–Crippen LogP) is 3.81. The van der Waals surface area contributed by atoms with Crippen molar-refractivity contribution in [1.29, 1.82) is 5.26 Å². The van der Waals surface area contributed by atoms with Crippen LogP contribution >= 0.6 is 22.7 Å². The van der Waals surface area contributed by atoms with Crippen molar-refractivity contribution in [3.8, 4) is 6.07 Å². The van der Waals surface area contributed by atoms with Gasteiger partial charge in [0.2, 0.25) is 5.91 Å². The number of hydrogen-bond donors (Lipinski definition) is 2. The smallest absolute Gasteiger partial charge is 0.407 e. The quantitative estimate of drug-likeness (QED) is 0.475. The minimum absolute atomic E-state index is 0.193. The summed E-state index contributed by atoms with van der Waals surface area (Å²) in [5.41, 5.74) is 2.51. The molecule has 0 bridgehead atoms. The highest BCUT2D eigenvalue weighted by molar-refractivity contribution is 7.16. The molecule has 2 aromatic heterocycles. The van der Waals surface area contributed by atoms with E-state index in [9.17, 15) is 14.9 Å². The van der Waals surface area contributed by atoms with E-state index >= 15 is 0 Å². The van der Waals surface area contributed by atoms with Crippen molar-refractivity contribution in [2.24, 2.45) is 5.92 Å². The maximum Gasteiger partial charge on any atom is 0.407 e. The standard InChI is InChI=1S/C21H23N3O4S2/c1-27-8-7-23-21(26)28-12-15-2-4-16-17(11-22)20(30-18(16)10-15)24-19(25)5-3-14-6-9-29-13-14/h3,5-6,9,13,15H,2,4,7-8,10,12H2,1H3,(H,23,26)(H,24,25). The fourth-order valence-corrected chi connectivity index (χ4v) is 5.14. The van der Waals surface area contributed by atoms with Crippen LogP contribution in [0.3, 0.4) is 0 Å². The molecule has 30 heavy (non-hydrogen) atoms. The summed E-state index contributed by atoms with van der Waals surface area (Å²) in [4.78, 5) is 25.0. The summed E-state index contributed by atoms with van der Waals surface area (Å²) in [5, 5.41) is 19.6. The number of amides is 2. The fraction of sp³-hybridized carbons (Fsp3) is 0.381. The van der Waals surface area contributed by atoms with Crippen molar-refractivity contribution in [2.75, 3.05) is 32.2 Å². The van der Waals surface area contributed by atoms with E-state index in [1.807, 2.05) is 16.8 Å². The monoisotopic (exact) mass is 445 g/mol. The summed E-state index contributed by atoms with van der Waals surface area (Å²) in [5.74, 6) is -0.0678. The van der Waals surface area contributed by atoms with E-state index in [0.29, 0.717) is 30.3 Å². The van der Waals surface area contributed by atoms with Crippen LogP contribution in [0.2, 0.25) is 0 Å². The van der Waals surface area contributed by atoms with Crippen LogP contribution in [-0.4, -0.2) is 38.9 Å². The summed E-state index contributed by atoms with van der Waals surface area (Å²) in [6, 6.07) is 4.17. The van der Waals surface area contributed by atoms with E-state index in [0.717, 1.165) is 35.3 Å². The lowest BCUT2D eigenvalue weighted by atomic mass is 9.88. The lowest BCUT2D eigenvalue weighted by Gasteiger charge is -2.21. The van der Waals surface area contributed by atoms with Gasteiger partial charge in [0, 0.05) is 24.6 Å². The van der Waals surface area contributed by atoms with Gasteiger partial charge in [-0.2, -0.15) is 16.6 Å². The molecule has 0 radical (unpaired) electrons. The van der Waals surface area contributed by atoms with Gasteiger partial charge in [0.25, 0.3) is 0 Å². The number of alkyl carbamates (subject to hydrolysis) is 1. The largest absolute Gasteiger partial charge is 0.449 e. The van der Waals surface area contributed by atoms with Crippen LogP contribution in [0.1, 0.15) is 28.0 Å². The molecular weight excluding hydrogens is 422 g/mol. The molecule has 2 heterocycles. The number of thiophene rings is 2. The van der Waals surface area contributed by atoms with E-state index in [1.54, 1.807) is 24.5 Å². The lowest BCUT2D eigenvalue weighted by Crippen LogP contribution is -2.30. The second-order valence-corrected chi connectivity index (χ2v) is 8.71. The molecule has 9 heteroatoms. The first-order valence-electron chi connectivity index (χ1n) is 9.56. The number of fused-ring (bicyclic) bond motifs is 1. The summed E-state index contributed by atoms with van der Waals surface area (Å²) in [6.45, 7) is 1.17. The second kappa shape index (κ2) is 10.9. The van der Waals surface area contributed by atoms with E-state index < -0.39 is 6.09 Å². The van der Waals surface area contributed by atoms with Crippen LogP contribution in [0, 0.1) is 17.2 Å². The topological polar surface area (TPSA) is 100 Å². The molecule has 0 saturated heterocycles. The second-order valence-electron chi connectivity index (χ2n) is 6.83. The molecular formula is C21H23N3O4S2. The zero-order valence-electron chi connectivity index (χ0n) is 16.6. The number of nitriles is 1. The average Bonchev–Trinajstić information content (AvgIpc) is 3.37. The molecule has 0 aliphatic heterocycles. The minimum atomic E-state index is -0.452. The van der Waals surface area contributed by atoms with Gasteiger partial charge < -0.3 is 20.1 Å². The molecule has 1 unspecified atom stereocenters. The van der Waals surface area contributed by atoms with Crippen LogP contribution in [0.25, 0.3) is 6.08 Å². The van der Waals surface area contributed by atoms with Gasteiger partial charge in [-0.25, -0.2) is 4.79 Å². The first-order chi connectivity index (χ1) is 14.6. The number of methoxy groups -OCH3 is 1. The molecule has 7 nitrogen and oxygen atoms in total. The van der Waals surface area contributed by atoms with E-state index in [-0.39, 0.29) is 11.8 Å². The Balaban J connectivity index is 1.58. The number of anilines is 1. The Morgan fingerprint density at radius 1 is 1.43 bits per heavy atom. The molecule has 158 valence electrons. The Morgan fingerprint density at radius 3 is 3.03 bits per heavy atom. The maximum atomic E-state index is 12.3. The Morgan fingerprint density at radius 2 is 2.30 bits per heavy atom. The third-order valence-electron chi connectivity index (χ3n) is 4.71. The highest BCUT2D eigenvalue weighted by Crippen LogP contribution is 2.39. The van der Waals surface area contributed by atoms with Gasteiger partial charge in [0.15, 0.2) is 0 Å². The molecule has 0 spiro atoms. The van der Waals surface area contributed by atoms with Crippen LogP contribution in [0.4, 0.5) is 9.80 Å². The van der Waals surface area contributed by atoms with Crippen LogP contribution in [-0.2, 0) is 27.1 Å². The molecule has 2 amide bonds. The third kappa shape index (κ3) is 5.92.